The molecular weight excluding hydrogens is 835 g/mol. The Hall–Kier alpha value is -3.66. The number of allylic oxidation sites excluding steroid dienone is 6. The largest absolute Gasteiger partial charge is 0.460 e. The van der Waals surface area contributed by atoms with Gasteiger partial charge in [0.25, 0.3) is 11.7 Å². The number of nitrogens with zero attached hydrogens (tertiary/aromatic N) is 1. The van der Waals surface area contributed by atoms with Crippen molar-refractivity contribution < 1.29 is 62.7 Å². The zero-order chi connectivity index (χ0) is 48.2. The number of Topliss-reactive ketones (excluding diaryl/α,β-unsaturated/α-hetero) is 4. The molecule has 3 fully saturated rings. The molecule has 0 spiro atoms. The van der Waals surface area contributed by atoms with Crippen LogP contribution in [0.4, 0.5) is 0 Å². The number of aliphatic hydroxyl groups excluding tert-OH is 1. The maximum Gasteiger partial charge on any atom is 0.329 e. The summed E-state index contributed by atoms with van der Waals surface area (Å²) < 4.78 is 29.2. The number of methoxy groups -OCH3 is 3. The summed E-state index contributed by atoms with van der Waals surface area (Å²) in [6.07, 6.45) is 11.9. The summed E-state index contributed by atoms with van der Waals surface area (Å²) in [6.45, 7) is 12.5. The predicted octanol–water partition coefficient (Wildman–Crippen LogP) is 6.39. The molecule has 4 rings (SSSR count). The molecule has 1 unspecified atom stereocenters. The van der Waals surface area contributed by atoms with Gasteiger partial charge in [0.2, 0.25) is 5.79 Å². The van der Waals surface area contributed by atoms with Gasteiger partial charge in [-0.1, -0.05) is 71.1 Å². The summed E-state index contributed by atoms with van der Waals surface area (Å²) in [5, 5.41) is 22.4. The Labute approximate surface area is 386 Å². The standard InChI is InChI=1S/C51H77NO13/c1-30-16-12-11-13-17-31(2)42(61-8)28-38-21-19-36(7)51(60,65-38)48(57)49(58)52-23-15-14-18-39(52)50(59)64-43(33(4)26-37-20-22-40(53)44(27-37)62-9)29-41(54)32(3)25-35(6)46(56)47(63-10)45(55)34(5)24-30/h11-13,16-17,25,30,32-34,36-40,42-44,47,53,60H,14-15,18-24,26-29H2,1-10H3/b13-11+,16-12+,31-17+,35-25+/t30-,32-,33-,34?,36-,37+,38+,39+,40-,42+,43+,44-,47+,51-/m1/s1. The molecule has 65 heavy (non-hydrogen) atoms. The third kappa shape index (κ3) is 14.2. The number of esters is 1. The van der Waals surface area contributed by atoms with Gasteiger partial charge in [-0.05, 0) is 107 Å². The first-order valence-electron chi connectivity index (χ1n) is 23.8. The van der Waals surface area contributed by atoms with Crippen LogP contribution in [0.3, 0.4) is 0 Å². The van der Waals surface area contributed by atoms with E-state index in [0.29, 0.717) is 64.2 Å². The third-order valence-corrected chi connectivity index (χ3v) is 14.3. The minimum absolute atomic E-state index is 0.0104. The molecule has 14 atom stereocenters. The van der Waals surface area contributed by atoms with Gasteiger partial charge in [0.15, 0.2) is 17.7 Å². The van der Waals surface area contributed by atoms with Crippen LogP contribution in [-0.2, 0) is 52.5 Å². The lowest BCUT2D eigenvalue weighted by molar-refractivity contribution is -0.265. The van der Waals surface area contributed by atoms with Gasteiger partial charge in [0, 0.05) is 58.5 Å². The molecule has 2 bridgehead atoms. The van der Waals surface area contributed by atoms with Crippen LogP contribution in [0.1, 0.15) is 126 Å². The lowest BCUT2D eigenvalue weighted by Crippen LogP contribution is -2.61. The lowest BCUT2D eigenvalue weighted by atomic mass is 9.78. The number of piperidine rings is 1. The number of carbonyl (C=O) groups excluding carboxylic acids is 6. The topological polar surface area (TPSA) is 192 Å². The van der Waals surface area contributed by atoms with Crippen molar-refractivity contribution in [3.63, 3.8) is 0 Å². The maximum absolute atomic E-state index is 14.3. The molecule has 2 N–H and O–H groups in total. The van der Waals surface area contributed by atoms with Crippen LogP contribution < -0.4 is 0 Å². The maximum atomic E-state index is 14.3. The van der Waals surface area contributed by atoms with Crippen molar-refractivity contribution in [2.45, 2.75) is 174 Å². The van der Waals surface area contributed by atoms with Crippen LogP contribution in [0.25, 0.3) is 0 Å². The zero-order valence-electron chi connectivity index (χ0n) is 40.5. The van der Waals surface area contributed by atoms with Crippen molar-refractivity contribution in [2.24, 2.45) is 35.5 Å². The number of aliphatic hydroxyl groups is 2. The Morgan fingerprint density at radius 2 is 1.58 bits per heavy atom. The highest BCUT2D eigenvalue weighted by atomic mass is 16.6. The molecule has 0 aromatic rings. The van der Waals surface area contributed by atoms with Crippen LogP contribution >= 0.6 is 0 Å². The number of cyclic esters (lactones) is 1. The van der Waals surface area contributed by atoms with Gasteiger partial charge >= 0.3 is 5.97 Å². The Morgan fingerprint density at radius 1 is 0.862 bits per heavy atom. The fourth-order valence-electron chi connectivity index (χ4n) is 9.98. The summed E-state index contributed by atoms with van der Waals surface area (Å²) in [5.41, 5.74) is 1.06. The van der Waals surface area contributed by atoms with E-state index in [-0.39, 0.29) is 60.4 Å². The number of hydrogen-bond donors (Lipinski definition) is 2. The molecule has 14 nitrogen and oxygen atoms in total. The first-order valence-corrected chi connectivity index (χ1v) is 23.8. The summed E-state index contributed by atoms with van der Waals surface area (Å²) in [5.74, 6) is -8.86. The number of carbonyl (C=O) groups is 6. The van der Waals surface area contributed by atoms with Crippen LogP contribution in [0.15, 0.2) is 47.6 Å². The van der Waals surface area contributed by atoms with Crippen molar-refractivity contribution in [1.82, 2.24) is 4.90 Å². The van der Waals surface area contributed by atoms with E-state index < -0.39 is 83.5 Å². The first kappa shape index (κ1) is 54.0. The lowest BCUT2D eigenvalue weighted by Gasteiger charge is -2.42. The molecule has 0 aromatic heterocycles. The Bertz CT molecular complexity index is 1800. The quantitative estimate of drug-likeness (QED) is 0.170. The Balaban J connectivity index is 1.70. The van der Waals surface area contributed by atoms with Crippen molar-refractivity contribution in [1.29, 1.82) is 0 Å². The van der Waals surface area contributed by atoms with Crippen LogP contribution in [0.2, 0.25) is 0 Å². The second-order valence-electron chi connectivity index (χ2n) is 19.4. The number of ketones is 4. The molecule has 4 aliphatic rings. The van der Waals surface area contributed by atoms with E-state index in [0.717, 1.165) is 5.57 Å². The van der Waals surface area contributed by atoms with E-state index >= 15 is 0 Å². The molecule has 1 aliphatic carbocycles. The second kappa shape index (κ2) is 24.9. The van der Waals surface area contributed by atoms with Crippen LogP contribution in [-0.4, -0.2) is 126 Å². The van der Waals surface area contributed by atoms with Gasteiger partial charge in [0.1, 0.15) is 17.9 Å². The number of fused-ring (bicyclic) bond motifs is 3. The predicted molar refractivity (Wildman–Crippen MR) is 244 cm³/mol. The molecule has 0 aromatic carbocycles. The smallest absolute Gasteiger partial charge is 0.329 e. The summed E-state index contributed by atoms with van der Waals surface area (Å²) >= 11 is 0. The van der Waals surface area contributed by atoms with Gasteiger partial charge in [-0.25, -0.2) is 4.79 Å². The van der Waals surface area contributed by atoms with Gasteiger partial charge in [-0.3, -0.25) is 24.0 Å². The van der Waals surface area contributed by atoms with E-state index in [1.807, 2.05) is 51.2 Å². The molecule has 0 radical (unpaired) electrons. The van der Waals surface area contributed by atoms with Gasteiger partial charge < -0.3 is 38.8 Å². The van der Waals surface area contributed by atoms with Gasteiger partial charge in [-0.15, -0.1) is 0 Å². The highest BCUT2D eigenvalue weighted by Gasteiger charge is 2.53. The van der Waals surface area contributed by atoms with E-state index in [9.17, 15) is 39.0 Å². The van der Waals surface area contributed by atoms with E-state index in [1.165, 1.54) is 18.1 Å². The molecule has 2 saturated heterocycles. The Kier molecular flexibility index (Phi) is 20.7. The Morgan fingerprint density at radius 3 is 2.26 bits per heavy atom. The fraction of sp³-hybridized carbons (Fsp3) is 0.725. The average Bonchev–Trinajstić information content (AvgIpc) is 3.28. The number of amides is 1. The number of hydrogen-bond acceptors (Lipinski definition) is 13. The van der Waals surface area contributed by atoms with Crippen LogP contribution in [0, 0.1) is 35.5 Å². The van der Waals surface area contributed by atoms with Crippen molar-refractivity contribution in [2.75, 3.05) is 27.9 Å². The normalized spacial score (nSPS) is 39.3. The second-order valence-corrected chi connectivity index (χ2v) is 19.4. The minimum atomic E-state index is -2.43. The van der Waals surface area contributed by atoms with Crippen molar-refractivity contribution >= 4 is 35.0 Å². The number of ether oxygens (including phenoxy) is 5. The van der Waals surface area contributed by atoms with E-state index in [1.54, 1.807) is 41.9 Å². The monoisotopic (exact) mass is 912 g/mol. The summed E-state index contributed by atoms with van der Waals surface area (Å²) in [7, 11) is 4.45. The van der Waals surface area contributed by atoms with Gasteiger partial charge in [0.05, 0.1) is 24.4 Å². The van der Waals surface area contributed by atoms with E-state index in [4.69, 9.17) is 23.7 Å². The fourth-order valence-corrected chi connectivity index (χ4v) is 9.98. The number of rotatable bonds is 6. The highest BCUT2D eigenvalue weighted by molar-refractivity contribution is 6.39. The molecule has 3 heterocycles. The summed E-state index contributed by atoms with van der Waals surface area (Å²) in [4.78, 5) is 85.4. The molecule has 3 aliphatic heterocycles. The molecule has 14 heteroatoms. The van der Waals surface area contributed by atoms with Crippen molar-refractivity contribution in [3.05, 3.63) is 47.6 Å². The third-order valence-electron chi connectivity index (χ3n) is 14.3. The average molecular weight is 912 g/mol. The van der Waals surface area contributed by atoms with Crippen LogP contribution in [0.5, 0.6) is 0 Å². The molecule has 1 amide bonds. The first-order chi connectivity index (χ1) is 30.7. The minimum Gasteiger partial charge on any atom is -0.460 e. The van der Waals surface area contributed by atoms with Gasteiger partial charge in [-0.2, -0.15) is 0 Å². The highest BCUT2D eigenvalue weighted by Crippen LogP contribution is 2.37. The summed E-state index contributed by atoms with van der Waals surface area (Å²) in [6, 6.07) is -1.15. The SMILES string of the molecule is CO[C@@H]1C(=O)/C(C)=C/[C@@H](C)C(=O)C[C@@H]([C@H](C)C[C@@H]2CC[C@@H](O)[C@H](OC)C2)OC(=O)[C@@H]2CCCCN2C(=O)C(=O)[C@]2(O)O[C@@H](CC[C@H]2C)C[C@H](OC)/C(C)=C/C=C/C=C/[C@@H](C)CC(C)C1=O. The van der Waals surface area contributed by atoms with Crippen molar-refractivity contribution in [3.8, 4) is 0 Å². The zero-order valence-corrected chi connectivity index (χ0v) is 40.5. The molecule has 1 saturated carbocycles. The molecule has 364 valence electrons. The molecular formula is C51H77NO13. The van der Waals surface area contributed by atoms with E-state index in [2.05, 4.69) is 0 Å².